The summed E-state index contributed by atoms with van der Waals surface area (Å²) in [7, 11) is 0. The van der Waals surface area contributed by atoms with Crippen molar-refractivity contribution in [3.05, 3.63) is 0 Å². The molecule has 0 aliphatic carbocycles. The van der Waals surface area contributed by atoms with Gasteiger partial charge in [-0.3, -0.25) is 0 Å². The summed E-state index contributed by atoms with van der Waals surface area (Å²) in [5, 5.41) is 0. The zero-order chi connectivity index (χ0) is 3.54. The van der Waals surface area contributed by atoms with Gasteiger partial charge in [0.1, 0.15) is 0 Å². The quantitative estimate of drug-likeness (QED) is 0.441. The molecule has 0 unspecified atom stereocenters. The predicted octanol–water partition coefficient (Wildman–Crippen LogP) is -0.119. The van der Waals surface area contributed by atoms with Crippen LogP contribution in [0.15, 0.2) is 0 Å². The van der Waals surface area contributed by atoms with Crippen molar-refractivity contribution in [1.82, 2.24) is 0 Å². The molecule has 2 heteroatoms. The average molecular weight is 153 g/mol. The van der Waals surface area contributed by atoms with Gasteiger partial charge in [-0.25, -0.2) is 0 Å². The first-order valence-corrected chi connectivity index (χ1v) is 2.08. The molecule has 0 radical (unpaired) electrons. The zero-order valence-corrected chi connectivity index (χ0v) is 5.83. The molecule has 1 saturated heterocycles. The van der Waals surface area contributed by atoms with Gasteiger partial charge in [-0.2, -0.15) is 0 Å². The molecule has 0 saturated carbocycles. The summed E-state index contributed by atoms with van der Waals surface area (Å²) >= 11 is 0. The van der Waals surface area contributed by atoms with Crippen molar-refractivity contribution < 1.29 is 4.74 Å². The second-order valence-corrected chi connectivity index (χ2v) is 1.32. The molecule has 0 atom stereocenters. The van der Waals surface area contributed by atoms with Crippen LogP contribution in [0.3, 0.4) is 0 Å². The van der Waals surface area contributed by atoms with Crippen LogP contribution in [-0.2, 0) is 4.74 Å². The Morgan fingerprint density at radius 2 is 1.50 bits per heavy atom. The first kappa shape index (κ1) is 6.48. The fourth-order valence-electron chi connectivity index (χ4n) is 0.510. The van der Waals surface area contributed by atoms with Crippen LogP contribution in [0.2, 0.25) is 0 Å². The van der Waals surface area contributed by atoms with Gasteiger partial charge >= 0.3 is 17.1 Å². The third kappa shape index (κ3) is 1.81. The Kier molecular flexibility index (Phi) is 3.95. The van der Waals surface area contributed by atoms with Gasteiger partial charge in [0.2, 0.25) is 0 Å². The first-order chi connectivity index (χ1) is 2.50. The van der Waals surface area contributed by atoms with E-state index in [0.717, 1.165) is 13.2 Å². The van der Waals surface area contributed by atoms with E-state index in [1.807, 2.05) is 0 Å². The Labute approximate surface area is 48.5 Å². The van der Waals surface area contributed by atoms with E-state index in [1.165, 1.54) is 12.8 Å². The van der Waals surface area contributed by atoms with Gasteiger partial charge in [-0.05, 0) is 12.8 Å². The predicted molar refractivity (Wildman–Crippen MR) is 28.6 cm³/mol. The van der Waals surface area contributed by atoms with Crippen LogP contribution in [0.1, 0.15) is 12.8 Å². The molecule has 1 fully saturated rings. The van der Waals surface area contributed by atoms with Crippen molar-refractivity contribution in [3.63, 3.8) is 0 Å². The minimum absolute atomic E-state index is 0. The van der Waals surface area contributed by atoms with Gasteiger partial charge in [0.05, 0.1) is 0 Å². The topological polar surface area (TPSA) is 9.23 Å². The Bertz CT molecular complexity index is 19.1. The van der Waals surface area contributed by atoms with Crippen molar-refractivity contribution in [2.24, 2.45) is 0 Å². The van der Waals surface area contributed by atoms with E-state index in [1.54, 1.807) is 0 Å². The molecule has 0 aromatic carbocycles. The minimum atomic E-state index is 0. The van der Waals surface area contributed by atoms with Gasteiger partial charge in [0.15, 0.2) is 0 Å². The summed E-state index contributed by atoms with van der Waals surface area (Å²) in [5.74, 6) is 0. The molecule has 1 nitrogen and oxygen atoms in total. The Morgan fingerprint density at radius 1 is 1.00 bits per heavy atom. The van der Waals surface area contributed by atoms with Crippen molar-refractivity contribution >= 4 is 17.1 Å². The molecule has 0 amide bonds. The van der Waals surface area contributed by atoms with E-state index in [4.69, 9.17) is 4.74 Å². The number of hydrogen-bond donors (Lipinski definition) is 0. The van der Waals surface area contributed by atoms with Crippen LogP contribution in [0.25, 0.3) is 0 Å². The number of hydrogen-bond acceptors (Lipinski definition) is 1. The number of ether oxygens (including phenoxy) is 1. The zero-order valence-electron chi connectivity index (χ0n) is 3.74. The summed E-state index contributed by atoms with van der Waals surface area (Å²) in [5.41, 5.74) is 0. The maximum atomic E-state index is 4.94. The van der Waals surface area contributed by atoms with Gasteiger partial charge in [-0.15, -0.1) is 0 Å². The summed E-state index contributed by atoms with van der Waals surface area (Å²) < 4.78 is 4.94. The molecular weight excluding hydrogens is 143 g/mol. The van der Waals surface area contributed by atoms with Gasteiger partial charge in [0, 0.05) is 13.2 Å². The summed E-state index contributed by atoms with van der Waals surface area (Å²) in [6.45, 7) is 2.00. The first-order valence-electron chi connectivity index (χ1n) is 2.08. The van der Waals surface area contributed by atoms with Crippen molar-refractivity contribution in [3.8, 4) is 0 Å². The molecule has 0 bridgehead atoms. The monoisotopic (exact) mass is 154 g/mol. The second-order valence-electron chi connectivity index (χ2n) is 1.32. The van der Waals surface area contributed by atoms with Crippen molar-refractivity contribution in [2.75, 3.05) is 13.2 Å². The van der Waals surface area contributed by atoms with E-state index in [0.29, 0.717) is 0 Å². The van der Waals surface area contributed by atoms with Crippen molar-refractivity contribution in [1.29, 1.82) is 0 Å². The molecule has 6 heavy (non-hydrogen) atoms. The SMILES string of the molecule is C1CCOC1.[SeH2]. The van der Waals surface area contributed by atoms with Crippen LogP contribution in [0, 0.1) is 0 Å². The second kappa shape index (κ2) is 3.66. The van der Waals surface area contributed by atoms with Crippen LogP contribution in [-0.4, -0.2) is 30.3 Å². The van der Waals surface area contributed by atoms with Gasteiger partial charge in [-0.1, -0.05) is 0 Å². The van der Waals surface area contributed by atoms with E-state index in [2.05, 4.69) is 0 Å². The van der Waals surface area contributed by atoms with Crippen LogP contribution in [0.5, 0.6) is 0 Å². The molecule has 0 spiro atoms. The van der Waals surface area contributed by atoms with Crippen LogP contribution in [0.4, 0.5) is 0 Å². The third-order valence-corrected chi connectivity index (χ3v) is 0.827. The van der Waals surface area contributed by atoms with E-state index >= 15 is 0 Å². The van der Waals surface area contributed by atoms with Crippen LogP contribution >= 0.6 is 0 Å². The third-order valence-electron chi connectivity index (χ3n) is 0.827. The fraction of sp³-hybridized carbons (Fsp3) is 1.00. The van der Waals surface area contributed by atoms with E-state index in [-0.39, 0.29) is 17.1 Å². The van der Waals surface area contributed by atoms with Crippen LogP contribution < -0.4 is 0 Å². The fourth-order valence-corrected chi connectivity index (χ4v) is 0.510. The van der Waals surface area contributed by atoms with E-state index < -0.39 is 0 Å². The molecule has 1 aliphatic heterocycles. The van der Waals surface area contributed by atoms with Gasteiger partial charge in [0.25, 0.3) is 0 Å². The number of rotatable bonds is 0. The maximum absolute atomic E-state index is 4.94. The van der Waals surface area contributed by atoms with Crippen molar-refractivity contribution in [2.45, 2.75) is 12.8 Å². The Morgan fingerprint density at radius 3 is 1.67 bits per heavy atom. The summed E-state index contributed by atoms with van der Waals surface area (Å²) in [6.07, 6.45) is 2.56. The Hall–Kier alpha value is 0.479. The normalized spacial score (nSPS) is 20.0. The molecule has 0 aromatic rings. The molecule has 0 aromatic heterocycles. The molecule has 38 valence electrons. The Balaban J connectivity index is 0.000000250. The summed E-state index contributed by atoms with van der Waals surface area (Å²) in [6, 6.07) is 0. The molecule has 1 aliphatic rings. The standard InChI is InChI=1S/C4H8O.H2Se/c1-2-4-5-3-1;/h1-4H2;1H2. The molecule has 1 rings (SSSR count). The van der Waals surface area contributed by atoms with E-state index in [9.17, 15) is 0 Å². The summed E-state index contributed by atoms with van der Waals surface area (Å²) in [4.78, 5) is 0. The molecule has 0 N–H and O–H groups in total. The molecule has 1 heterocycles. The average Bonchev–Trinajstić information content (AvgIpc) is 1.76. The molecular formula is C4H10OSe. The van der Waals surface area contributed by atoms with Gasteiger partial charge < -0.3 is 4.74 Å².